The second-order valence-corrected chi connectivity index (χ2v) is 9.78. The molecule has 0 radical (unpaired) electrons. The van der Waals surface area contributed by atoms with Crippen LogP contribution in [0.3, 0.4) is 0 Å². The van der Waals surface area contributed by atoms with Crippen LogP contribution in [0.5, 0.6) is 11.5 Å². The molecule has 2 aliphatic rings. The first-order chi connectivity index (χ1) is 15.0. The Kier molecular flexibility index (Phi) is 5.25. The summed E-state index contributed by atoms with van der Waals surface area (Å²) in [6, 6.07) is 22.4. The molecule has 1 unspecified atom stereocenters. The molecule has 31 heavy (non-hydrogen) atoms. The number of para-hydroxylation sites is 4. The number of halogens is 1. The van der Waals surface area contributed by atoms with E-state index < -0.39 is 10.2 Å². The summed E-state index contributed by atoms with van der Waals surface area (Å²) < 4.78 is 36.5. The molecule has 1 saturated heterocycles. The summed E-state index contributed by atoms with van der Waals surface area (Å²) >= 11 is 5.92. The van der Waals surface area contributed by atoms with Gasteiger partial charge in [-0.1, -0.05) is 35.9 Å². The van der Waals surface area contributed by atoms with E-state index in [4.69, 9.17) is 16.3 Å². The lowest BCUT2D eigenvalue weighted by Crippen LogP contribution is -2.50. The Hall–Kier alpha value is -2.74. The van der Waals surface area contributed by atoms with Crippen LogP contribution in [0.25, 0.3) is 0 Å². The molecule has 0 aromatic heterocycles. The number of piperidine rings is 1. The summed E-state index contributed by atoms with van der Waals surface area (Å²) in [5.41, 5.74) is 2.40. The van der Waals surface area contributed by atoms with Crippen molar-refractivity contribution in [1.82, 2.24) is 4.31 Å². The topological polar surface area (TPSA) is 61.9 Å². The zero-order chi connectivity index (χ0) is 21.4. The van der Waals surface area contributed by atoms with Crippen LogP contribution >= 0.6 is 11.6 Å². The molecule has 0 saturated carbocycles. The van der Waals surface area contributed by atoms with Crippen LogP contribution in [-0.2, 0) is 10.2 Å². The second kappa shape index (κ2) is 8.07. The molecule has 2 heterocycles. The molecular formula is C23H22ClN3O3S. The van der Waals surface area contributed by atoms with Crippen molar-refractivity contribution < 1.29 is 13.2 Å². The maximum atomic E-state index is 13.1. The van der Waals surface area contributed by atoms with Gasteiger partial charge in [-0.15, -0.1) is 0 Å². The second-order valence-electron chi connectivity index (χ2n) is 7.68. The van der Waals surface area contributed by atoms with Crippen LogP contribution in [0.4, 0.5) is 17.1 Å². The highest BCUT2D eigenvalue weighted by atomic mass is 35.5. The van der Waals surface area contributed by atoms with Crippen molar-refractivity contribution >= 4 is 38.9 Å². The van der Waals surface area contributed by atoms with Crippen molar-refractivity contribution in [3.05, 3.63) is 77.8 Å². The lowest BCUT2D eigenvalue weighted by atomic mass is 10.0. The average Bonchev–Trinajstić information content (AvgIpc) is 2.79. The number of benzene rings is 3. The van der Waals surface area contributed by atoms with Crippen molar-refractivity contribution in [2.24, 2.45) is 0 Å². The summed E-state index contributed by atoms with van der Waals surface area (Å²) in [6.07, 6.45) is 1.66. The van der Waals surface area contributed by atoms with Gasteiger partial charge in [0.1, 0.15) is 0 Å². The van der Waals surface area contributed by atoms with Gasteiger partial charge in [0.2, 0.25) is 0 Å². The van der Waals surface area contributed by atoms with Crippen molar-refractivity contribution in [3.63, 3.8) is 0 Å². The van der Waals surface area contributed by atoms with E-state index >= 15 is 0 Å². The van der Waals surface area contributed by atoms with E-state index in [1.54, 1.807) is 24.3 Å². The summed E-state index contributed by atoms with van der Waals surface area (Å²) in [6.45, 7) is 0.860. The monoisotopic (exact) mass is 455 g/mol. The fourth-order valence-electron chi connectivity index (χ4n) is 4.21. The van der Waals surface area contributed by atoms with E-state index in [9.17, 15) is 8.42 Å². The molecule has 0 amide bonds. The minimum Gasteiger partial charge on any atom is -0.453 e. The molecule has 1 N–H and O–H groups in total. The number of ether oxygens (including phenoxy) is 1. The third-order valence-corrected chi connectivity index (χ3v) is 7.38. The van der Waals surface area contributed by atoms with E-state index in [2.05, 4.69) is 9.62 Å². The van der Waals surface area contributed by atoms with Gasteiger partial charge in [0.15, 0.2) is 11.5 Å². The molecule has 160 valence electrons. The normalized spacial score (nSPS) is 18.6. The Bertz CT molecular complexity index is 1160. The van der Waals surface area contributed by atoms with Gasteiger partial charge in [-0.3, -0.25) is 4.72 Å². The van der Waals surface area contributed by atoms with Gasteiger partial charge >= 0.3 is 10.2 Å². The number of hydrogen-bond donors (Lipinski definition) is 1. The van der Waals surface area contributed by atoms with Crippen molar-refractivity contribution in [1.29, 1.82) is 0 Å². The van der Waals surface area contributed by atoms with E-state index in [-0.39, 0.29) is 6.04 Å². The molecule has 3 aromatic rings. The number of nitrogens with one attached hydrogen (secondary N) is 1. The van der Waals surface area contributed by atoms with E-state index in [0.29, 0.717) is 23.8 Å². The van der Waals surface area contributed by atoms with Gasteiger partial charge in [-0.05, 0) is 61.4 Å². The number of nitrogens with zero attached hydrogens (tertiary/aromatic N) is 2. The molecule has 1 atom stereocenters. The standard InChI is InChI=1S/C23H22ClN3O3S/c24-17-11-13-18(14-12-17)25-31(28,29)26-15-5-6-19(16-26)27-20-7-1-3-9-22(20)30-23-10-4-2-8-21(23)27/h1-4,7-14,19,25H,5-6,15-16H2. The van der Waals surface area contributed by atoms with Crippen LogP contribution in [0.1, 0.15) is 12.8 Å². The summed E-state index contributed by atoms with van der Waals surface area (Å²) in [7, 11) is -3.69. The maximum absolute atomic E-state index is 13.1. The fraction of sp³-hybridized carbons (Fsp3) is 0.217. The van der Waals surface area contributed by atoms with Crippen LogP contribution < -0.4 is 14.4 Å². The van der Waals surface area contributed by atoms with E-state index in [0.717, 1.165) is 35.7 Å². The molecular weight excluding hydrogens is 434 g/mol. The average molecular weight is 456 g/mol. The van der Waals surface area contributed by atoms with Gasteiger partial charge in [0, 0.05) is 29.8 Å². The third kappa shape index (κ3) is 3.96. The minimum atomic E-state index is -3.69. The molecule has 8 heteroatoms. The molecule has 1 fully saturated rings. The van der Waals surface area contributed by atoms with Crippen molar-refractivity contribution in [2.45, 2.75) is 18.9 Å². The summed E-state index contributed by atoms with van der Waals surface area (Å²) in [5, 5.41) is 0.561. The van der Waals surface area contributed by atoms with Gasteiger partial charge in [-0.2, -0.15) is 12.7 Å². The fourth-order valence-corrected chi connectivity index (χ4v) is 5.63. The number of anilines is 3. The van der Waals surface area contributed by atoms with Crippen LogP contribution in [-0.4, -0.2) is 31.9 Å². The third-order valence-electron chi connectivity index (χ3n) is 5.62. The predicted octanol–water partition coefficient (Wildman–Crippen LogP) is 5.41. The zero-order valence-electron chi connectivity index (χ0n) is 16.7. The lowest BCUT2D eigenvalue weighted by Gasteiger charge is -2.42. The molecule has 0 bridgehead atoms. The van der Waals surface area contributed by atoms with Crippen LogP contribution in [0, 0.1) is 0 Å². The van der Waals surface area contributed by atoms with Crippen LogP contribution in [0.15, 0.2) is 72.8 Å². The Balaban J connectivity index is 1.44. The Labute approximate surface area is 187 Å². The first-order valence-electron chi connectivity index (χ1n) is 10.2. The zero-order valence-corrected chi connectivity index (χ0v) is 18.3. The van der Waals surface area contributed by atoms with Gasteiger partial charge in [-0.25, -0.2) is 0 Å². The number of rotatable bonds is 4. The predicted molar refractivity (Wildman–Crippen MR) is 124 cm³/mol. The highest BCUT2D eigenvalue weighted by Crippen LogP contribution is 2.48. The smallest absolute Gasteiger partial charge is 0.301 e. The molecule has 0 aliphatic carbocycles. The van der Waals surface area contributed by atoms with Gasteiger partial charge in [0.25, 0.3) is 0 Å². The van der Waals surface area contributed by atoms with E-state index in [1.807, 2.05) is 48.5 Å². The summed E-state index contributed by atoms with van der Waals surface area (Å²) in [5.74, 6) is 1.56. The van der Waals surface area contributed by atoms with Crippen molar-refractivity contribution in [2.75, 3.05) is 22.7 Å². The SMILES string of the molecule is O=S(=O)(Nc1ccc(Cl)cc1)N1CCCC(N2c3ccccc3Oc3ccccc32)C1. The number of hydrogen-bond acceptors (Lipinski definition) is 4. The van der Waals surface area contributed by atoms with Crippen molar-refractivity contribution in [3.8, 4) is 11.5 Å². The van der Waals surface area contributed by atoms with E-state index in [1.165, 1.54) is 4.31 Å². The first-order valence-corrected chi connectivity index (χ1v) is 12.0. The Morgan fingerprint density at radius 3 is 2.16 bits per heavy atom. The maximum Gasteiger partial charge on any atom is 0.301 e. The first kappa shape index (κ1) is 20.2. The molecule has 0 spiro atoms. The quantitative estimate of drug-likeness (QED) is 0.571. The highest BCUT2D eigenvalue weighted by Gasteiger charge is 2.36. The summed E-state index contributed by atoms with van der Waals surface area (Å²) in [4.78, 5) is 2.22. The Morgan fingerprint density at radius 1 is 0.903 bits per heavy atom. The van der Waals surface area contributed by atoms with Gasteiger partial charge in [0.05, 0.1) is 11.4 Å². The molecule has 3 aromatic carbocycles. The largest absolute Gasteiger partial charge is 0.453 e. The molecule has 6 nitrogen and oxygen atoms in total. The van der Waals surface area contributed by atoms with Gasteiger partial charge < -0.3 is 9.64 Å². The Morgan fingerprint density at radius 2 is 1.52 bits per heavy atom. The highest BCUT2D eigenvalue weighted by molar-refractivity contribution is 7.90. The molecule has 2 aliphatic heterocycles. The van der Waals surface area contributed by atoms with Crippen LogP contribution in [0.2, 0.25) is 5.02 Å². The lowest BCUT2D eigenvalue weighted by molar-refractivity contribution is 0.313. The molecule has 5 rings (SSSR count). The minimum absolute atomic E-state index is 0.0123. The number of fused-ring (bicyclic) bond motifs is 2.